The zero-order chi connectivity index (χ0) is 17.4. The summed E-state index contributed by atoms with van der Waals surface area (Å²) < 4.78 is 11.5. The standard InChI is InChI=1S/C19H18N2O3S/c1-11(22)12-7-8-14(15(9-12)23-2)24-18-17-13-5-3-4-6-16(13)25-19(17)21-10-20-18/h7-10H,3-6H2,1-2H3. The second-order valence-electron chi connectivity index (χ2n) is 6.09. The number of hydrogen-bond donors (Lipinski definition) is 0. The minimum atomic E-state index is -0.0128. The molecule has 4 rings (SSSR count). The lowest BCUT2D eigenvalue weighted by molar-refractivity contribution is 0.101. The van der Waals surface area contributed by atoms with Crippen LogP contribution in [0.2, 0.25) is 0 Å². The van der Waals surface area contributed by atoms with Gasteiger partial charge in [-0.25, -0.2) is 9.97 Å². The van der Waals surface area contributed by atoms with Crippen molar-refractivity contribution in [3.8, 4) is 17.4 Å². The molecule has 0 amide bonds. The van der Waals surface area contributed by atoms with E-state index in [0.29, 0.717) is 22.9 Å². The van der Waals surface area contributed by atoms with Gasteiger partial charge in [-0.2, -0.15) is 0 Å². The molecule has 0 N–H and O–H groups in total. The average molecular weight is 354 g/mol. The largest absolute Gasteiger partial charge is 0.493 e. The van der Waals surface area contributed by atoms with Crippen molar-refractivity contribution in [2.24, 2.45) is 0 Å². The van der Waals surface area contributed by atoms with Crippen molar-refractivity contribution in [3.63, 3.8) is 0 Å². The van der Waals surface area contributed by atoms with Gasteiger partial charge in [0.1, 0.15) is 11.2 Å². The van der Waals surface area contributed by atoms with Crippen LogP contribution in [0.3, 0.4) is 0 Å². The fourth-order valence-corrected chi connectivity index (χ4v) is 4.43. The van der Waals surface area contributed by atoms with E-state index >= 15 is 0 Å². The van der Waals surface area contributed by atoms with E-state index in [4.69, 9.17) is 9.47 Å². The number of carbonyl (C=O) groups is 1. The molecule has 1 aliphatic rings. The first-order valence-corrected chi connectivity index (χ1v) is 9.11. The number of benzene rings is 1. The molecule has 3 aromatic rings. The zero-order valence-corrected chi connectivity index (χ0v) is 15.0. The molecule has 25 heavy (non-hydrogen) atoms. The molecule has 1 aromatic carbocycles. The third-order valence-electron chi connectivity index (χ3n) is 4.49. The van der Waals surface area contributed by atoms with Crippen molar-refractivity contribution in [2.45, 2.75) is 32.6 Å². The Morgan fingerprint density at radius 3 is 2.80 bits per heavy atom. The molecule has 2 aromatic heterocycles. The van der Waals surface area contributed by atoms with Crippen LogP contribution >= 0.6 is 11.3 Å². The smallest absolute Gasteiger partial charge is 0.231 e. The molecule has 0 saturated heterocycles. The Balaban J connectivity index is 1.79. The van der Waals surface area contributed by atoms with Gasteiger partial charge in [0.2, 0.25) is 5.88 Å². The normalized spacial score (nSPS) is 13.5. The van der Waals surface area contributed by atoms with Crippen LogP contribution in [0.5, 0.6) is 17.4 Å². The molecule has 0 unspecified atom stereocenters. The number of Topliss-reactive ketones (excluding diaryl/α,β-unsaturated/α-hetero) is 1. The number of nitrogens with zero attached hydrogens (tertiary/aromatic N) is 2. The first-order chi connectivity index (χ1) is 12.2. The van der Waals surface area contributed by atoms with Crippen LogP contribution in [0.25, 0.3) is 10.2 Å². The molecular weight excluding hydrogens is 336 g/mol. The van der Waals surface area contributed by atoms with Crippen LogP contribution in [0.4, 0.5) is 0 Å². The van der Waals surface area contributed by atoms with Gasteiger partial charge in [-0.1, -0.05) is 0 Å². The summed E-state index contributed by atoms with van der Waals surface area (Å²) in [7, 11) is 1.56. The Bertz CT molecular complexity index is 965. The van der Waals surface area contributed by atoms with Gasteiger partial charge in [0.05, 0.1) is 12.5 Å². The van der Waals surface area contributed by atoms with Crippen molar-refractivity contribution in [1.82, 2.24) is 9.97 Å². The lowest BCUT2D eigenvalue weighted by atomic mass is 9.97. The Morgan fingerprint density at radius 2 is 2.00 bits per heavy atom. The summed E-state index contributed by atoms with van der Waals surface area (Å²) >= 11 is 1.73. The van der Waals surface area contributed by atoms with Gasteiger partial charge in [0.15, 0.2) is 17.3 Å². The van der Waals surface area contributed by atoms with Gasteiger partial charge in [0.25, 0.3) is 0 Å². The summed E-state index contributed by atoms with van der Waals surface area (Å²) in [6.07, 6.45) is 6.09. The zero-order valence-electron chi connectivity index (χ0n) is 14.2. The third kappa shape index (κ3) is 2.87. The highest BCUT2D eigenvalue weighted by Crippen LogP contribution is 2.41. The van der Waals surface area contributed by atoms with Crippen molar-refractivity contribution < 1.29 is 14.3 Å². The van der Waals surface area contributed by atoms with Gasteiger partial charge in [0, 0.05) is 10.4 Å². The van der Waals surface area contributed by atoms with E-state index in [0.717, 1.165) is 23.1 Å². The number of ketones is 1. The van der Waals surface area contributed by atoms with Crippen LogP contribution in [0.1, 0.15) is 40.6 Å². The number of aromatic nitrogens is 2. The number of ether oxygens (including phenoxy) is 2. The Kier molecular flexibility index (Phi) is 4.13. The number of hydrogen-bond acceptors (Lipinski definition) is 6. The van der Waals surface area contributed by atoms with Crippen LogP contribution in [0, 0.1) is 0 Å². The maximum atomic E-state index is 11.6. The molecule has 0 fully saturated rings. The lowest BCUT2D eigenvalue weighted by Crippen LogP contribution is -2.00. The first kappa shape index (κ1) is 16.0. The highest BCUT2D eigenvalue weighted by molar-refractivity contribution is 7.18. The Morgan fingerprint density at radius 1 is 1.16 bits per heavy atom. The van der Waals surface area contributed by atoms with Gasteiger partial charge >= 0.3 is 0 Å². The topological polar surface area (TPSA) is 61.3 Å². The minimum absolute atomic E-state index is 0.0128. The van der Waals surface area contributed by atoms with E-state index in [1.807, 2.05) is 0 Å². The fraction of sp³-hybridized carbons (Fsp3) is 0.316. The molecule has 1 aliphatic carbocycles. The molecule has 0 bridgehead atoms. The van der Waals surface area contributed by atoms with Gasteiger partial charge in [-0.05, 0) is 56.4 Å². The Labute approximate surface area is 149 Å². The maximum Gasteiger partial charge on any atom is 0.231 e. The van der Waals surface area contributed by atoms with Crippen molar-refractivity contribution in [3.05, 3.63) is 40.5 Å². The molecule has 0 atom stereocenters. The predicted octanol–water partition coefficient (Wildman–Crippen LogP) is 4.57. The lowest BCUT2D eigenvalue weighted by Gasteiger charge is -2.13. The average Bonchev–Trinajstić information content (AvgIpc) is 3.01. The summed E-state index contributed by atoms with van der Waals surface area (Å²) in [5, 5.41) is 1.01. The van der Waals surface area contributed by atoms with E-state index in [1.54, 1.807) is 36.6 Å². The van der Waals surface area contributed by atoms with Crippen LogP contribution in [0.15, 0.2) is 24.5 Å². The summed E-state index contributed by atoms with van der Waals surface area (Å²) in [4.78, 5) is 22.7. The van der Waals surface area contributed by atoms with Gasteiger partial charge in [-0.15, -0.1) is 11.3 Å². The number of rotatable bonds is 4. The molecule has 0 spiro atoms. The van der Waals surface area contributed by atoms with E-state index < -0.39 is 0 Å². The summed E-state index contributed by atoms with van der Waals surface area (Å²) in [6, 6.07) is 5.18. The summed E-state index contributed by atoms with van der Waals surface area (Å²) in [5.41, 5.74) is 1.91. The van der Waals surface area contributed by atoms with Gasteiger partial charge < -0.3 is 9.47 Å². The van der Waals surface area contributed by atoms with E-state index in [-0.39, 0.29) is 5.78 Å². The number of fused-ring (bicyclic) bond motifs is 3. The SMILES string of the molecule is COc1cc(C(C)=O)ccc1Oc1ncnc2sc3c(c12)CCCC3. The molecule has 0 saturated carbocycles. The number of aryl methyl sites for hydroxylation is 2. The maximum absolute atomic E-state index is 11.6. The molecular formula is C19H18N2O3S. The number of thiophene rings is 1. The Hall–Kier alpha value is -2.47. The van der Waals surface area contributed by atoms with E-state index in [2.05, 4.69) is 9.97 Å². The third-order valence-corrected chi connectivity index (χ3v) is 5.69. The van der Waals surface area contributed by atoms with E-state index in [9.17, 15) is 4.79 Å². The van der Waals surface area contributed by atoms with E-state index in [1.165, 1.54) is 36.5 Å². The molecule has 0 aliphatic heterocycles. The fourth-order valence-electron chi connectivity index (χ4n) is 3.21. The van der Waals surface area contributed by atoms with Crippen molar-refractivity contribution in [2.75, 3.05) is 7.11 Å². The summed E-state index contributed by atoms with van der Waals surface area (Å²) in [5.74, 6) is 1.60. The number of methoxy groups -OCH3 is 1. The quantitative estimate of drug-likeness (QED) is 0.642. The van der Waals surface area contributed by atoms with Crippen molar-refractivity contribution >= 4 is 27.3 Å². The monoisotopic (exact) mass is 354 g/mol. The predicted molar refractivity (Wildman–Crippen MR) is 97.1 cm³/mol. The molecule has 5 nitrogen and oxygen atoms in total. The highest BCUT2D eigenvalue weighted by atomic mass is 32.1. The molecule has 0 radical (unpaired) electrons. The molecule has 128 valence electrons. The summed E-state index contributed by atoms with van der Waals surface area (Å²) in [6.45, 7) is 1.53. The highest BCUT2D eigenvalue weighted by Gasteiger charge is 2.21. The minimum Gasteiger partial charge on any atom is -0.493 e. The first-order valence-electron chi connectivity index (χ1n) is 8.29. The molecule has 2 heterocycles. The van der Waals surface area contributed by atoms with Crippen LogP contribution in [-0.2, 0) is 12.8 Å². The van der Waals surface area contributed by atoms with Crippen molar-refractivity contribution in [1.29, 1.82) is 0 Å². The van der Waals surface area contributed by atoms with Crippen LogP contribution in [-0.4, -0.2) is 22.9 Å². The second kappa shape index (κ2) is 6.44. The molecule has 6 heteroatoms. The van der Waals surface area contributed by atoms with Crippen LogP contribution < -0.4 is 9.47 Å². The second-order valence-corrected chi connectivity index (χ2v) is 7.18. The van der Waals surface area contributed by atoms with Gasteiger partial charge in [-0.3, -0.25) is 4.79 Å². The number of carbonyl (C=O) groups excluding carboxylic acids is 1.